The summed E-state index contributed by atoms with van der Waals surface area (Å²) in [6.07, 6.45) is -0.535. The van der Waals surface area contributed by atoms with Crippen molar-refractivity contribution < 1.29 is 9.90 Å². The van der Waals surface area contributed by atoms with Crippen molar-refractivity contribution in [3.63, 3.8) is 0 Å². The Balaban J connectivity index is 2.60. The van der Waals surface area contributed by atoms with Crippen molar-refractivity contribution in [1.82, 2.24) is 0 Å². The van der Waals surface area contributed by atoms with Crippen LogP contribution in [0.1, 0.15) is 11.1 Å². The number of aliphatic hydroxyl groups excluding tert-OH is 1. The summed E-state index contributed by atoms with van der Waals surface area (Å²) in [4.78, 5) is 11.2. The van der Waals surface area contributed by atoms with Gasteiger partial charge in [-0.25, -0.2) is 0 Å². The van der Waals surface area contributed by atoms with E-state index in [2.05, 4.69) is 0 Å². The van der Waals surface area contributed by atoms with Crippen LogP contribution in [0.15, 0.2) is 24.3 Å². The Morgan fingerprint density at radius 3 is 2.79 bits per heavy atom. The third-order valence-electron chi connectivity index (χ3n) is 2.81. The second kappa shape index (κ2) is 2.80. The zero-order chi connectivity index (χ0) is 10.3. The van der Waals surface area contributed by atoms with Crippen LogP contribution in [0.25, 0.3) is 0 Å². The summed E-state index contributed by atoms with van der Waals surface area (Å²) in [6, 6.07) is 7.20. The molecular formula is C10H12N2O2. The van der Waals surface area contributed by atoms with E-state index in [9.17, 15) is 9.90 Å². The zero-order valence-electron chi connectivity index (χ0n) is 7.60. The Morgan fingerprint density at radius 1 is 1.50 bits per heavy atom. The minimum Gasteiger partial charge on any atom is -0.390 e. The Labute approximate surface area is 81.5 Å². The Bertz CT molecular complexity index is 391. The van der Waals surface area contributed by atoms with E-state index >= 15 is 0 Å². The molecule has 0 bridgehead atoms. The largest absolute Gasteiger partial charge is 0.390 e. The molecule has 5 N–H and O–H groups in total. The maximum atomic E-state index is 11.2. The predicted molar refractivity (Wildman–Crippen MR) is 51.2 cm³/mol. The molecular weight excluding hydrogens is 180 g/mol. The highest BCUT2D eigenvalue weighted by Gasteiger charge is 2.47. The summed E-state index contributed by atoms with van der Waals surface area (Å²) >= 11 is 0. The van der Waals surface area contributed by atoms with Crippen LogP contribution < -0.4 is 11.5 Å². The Hall–Kier alpha value is -1.39. The van der Waals surface area contributed by atoms with Crippen molar-refractivity contribution in [2.45, 2.75) is 18.1 Å². The summed E-state index contributed by atoms with van der Waals surface area (Å²) in [7, 11) is 0. The minimum absolute atomic E-state index is 0.385. The highest BCUT2D eigenvalue weighted by Crippen LogP contribution is 2.34. The average Bonchev–Trinajstić information content (AvgIpc) is 2.41. The van der Waals surface area contributed by atoms with Crippen molar-refractivity contribution in [1.29, 1.82) is 0 Å². The maximum absolute atomic E-state index is 11.2. The van der Waals surface area contributed by atoms with Gasteiger partial charge in [0.15, 0.2) is 0 Å². The molecule has 4 heteroatoms. The fourth-order valence-corrected chi connectivity index (χ4v) is 1.95. The van der Waals surface area contributed by atoms with Gasteiger partial charge in [0.05, 0.1) is 6.10 Å². The van der Waals surface area contributed by atoms with Crippen LogP contribution in [-0.2, 0) is 16.8 Å². The molecule has 2 rings (SSSR count). The number of aliphatic hydroxyl groups is 1. The van der Waals surface area contributed by atoms with Gasteiger partial charge in [0.2, 0.25) is 5.91 Å². The summed E-state index contributed by atoms with van der Waals surface area (Å²) in [5.74, 6) is -0.685. The zero-order valence-corrected chi connectivity index (χ0v) is 7.60. The SMILES string of the molecule is NC(=O)[C@]1(N)c2ccccc2CC1O. The summed E-state index contributed by atoms with van der Waals surface area (Å²) in [5, 5.41) is 9.71. The van der Waals surface area contributed by atoms with Gasteiger partial charge in [-0.15, -0.1) is 0 Å². The van der Waals surface area contributed by atoms with E-state index in [-0.39, 0.29) is 0 Å². The number of amides is 1. The first kappa shape index (κ1) is 9.18. The summed E-state index contributed by atoms with van der Waals surface area (Å²) in [6.45, 7) is 0. The van der Waals surface area contributed by atoms with Gasteiger partial charge in [-0.1, -0.05) is 24.3 Å². The standard InChI is InChI=1S/C10H12N2O2/c11-9(14)10(12)7-4-2-1-3-6(7)5-8(10)13/h1-4,8,13H,5,12H2,(H2,11,14)/t8?,10-/m0/s1. The van der Waals surface area contributed by atoms with E-state index in [1.807, 2.05) is 12.1 Å². The third-order valence-corrected chi connectivity index (χ3v) is 2.81. The molecule has 1 aliphatic rings. The molecule has 1 aromatic rings. The number of hydrogen-bond acceptors (Lipinski definition) is 3. The van der Waals surface area contributed by atoms with Gasteiger partial charge in [-0.2, -0.15) is 0 Å². The molecule has 1 aliphatic carbocycles. The molecule has 0 saturated carbocycles. The van der Waals surface area contributed by atoms with Gasteiger partial charge in [0, 0.05) is 6.42 Å². The van der Waals surface area contributed by atoms with Crippen LogP contribution >= 0.6 is 0 Å². The molecule has 0 aliphatic heterocycles. The van der Waals surface area contributed by atoms with Crippen LogP contribution in [0.3, 0.4) is 0 Å². The van der Waals surface area contributed by atoms with Crippen LogP contribution in [0, 0.1) is 0 Å². The number of fused-ring (bicyclic) bond motifs is 1. The fourth-order valence-electron chi connectivity index (χ4n) is 1.95. The van der Waals surface area contributed by atoms with Crippen molar-refractivity contribution in [3.05, 3.63) is 35.4 Å². The Morgan fingerprint density at radius 2 is 2.14 bits per heavy atom. The quantitative estimate of drug-likeness (QED) is 0.546. The predicted octanol–water partition coefficient (Wildman–Crippen LogP) is -0.757. The molecule has 1 aromatic carbocycles. The highest BCUT2D eigenvalue weighted by molar-refractivity contribution is 5.88. The second-order valence-corrected chi connectivity index (χ2v) is 3.61. The normalized spacial score (nSPS) is 30.0. The summed E-state index contributed by atoms with van der Waals surface area (Å²) < 4.78 is 0. The van der Waals surface area contributed by atoms with Crippen molar-refractivity contribution >= 4 is 5.91 Å². The molecule has 0 saturated heterocycles. The van der Waals surface area contributed by atoms with E-state index in [1.165, 1.54) is 0 Å². The van der Waals surface area contributed by atoms with Crippen molar-refractivity contribution in [2.75, 3.05) is 0 Å². The molecule has 4 nitrogen and oxygen atoms in total. The van der Waals surface area contributed by atoms with Gasteiger partial charge in [0.25, 0.3) is 0 Å². The highest BCUT2D eigenvalue weighted by atomic mass is 16.3. The van der Waals surface area contributed by atoms with Crippen LogP contribution in [-0.4, -0.2) is 17.1 Å². The lowest BCUT2D eigenvalue weighted by molar-refractivity contribution is -0.127. The fraction of sp³-hybridized carbons (Fsp3) is 0.300. The van der Waals surface area contributed by atoms with Crippen LogP contribution in [0.4, 0.5) is 0 Å². The van der Waals surface area contributed by atoms with E-state index in [4.69, 9.17) is 11.5 Å². The monoisotopic (exact) mass is 192 g/mol. The lowest BCUT2D eigenvalue weighted by Gasteiger charge is -2.25. The van der Waals surface area contributed by atoms with Gasteiger partial charge in [-0.05, 0) is 11.1 Å². The Kier molecular flexibility index (Phi) is 1.83. The van der Waals surface area contributed by atoms with E-state index in [1.54, 1.807) is 12.1 Å². The van der Waals surface area contributed by atoms with Crippen molar-refractivity contribution in [2.24, 2.45) is 11.5 Å². The lowest BCUT2D eigenvalue weighted by Crippen LogP contribution is -2.55. The van der Waals surface area contributed by atoms with Crippen molar-refractivity contribution in [3.8, 4) is 0 Å². The summed E-state index contributed by atoms with van der Waals surface area (Å²) in [5.41, 5.74) is 11.2. The molecule has 74 valence electrons. The van der Waals surface area contributed by atoms with Gasteiger partial charge in [-0.3, -0.25) is 4.79 Å². The number of nitrogens with two attached hydrogens (primary N) is 2. The van der Waals surface area contributed by atoms with Gasteiger partial charge in [0.1, 0.15) is 5.54 Å². The number of carbonyl (C=O) groups excluding carboxylic acids is 1. The topological polar surface area (TPSA) is 89.3 Å². The number of primary amides is 1. The first-order valence-electron chi connectivity index (χ1n) is 4.42. The molecule has 2 atom stereocenters. The van der Waals surface area contributed by atoms with Crippen LogP contribution in [0.2, 0.25) is 0 Å². The number of carbonyl (C=O) groups is 1. The van der Waals surface area contributed by atoms with Gasteiger partial charge < -0.3 is 16.6 Å². The number of benzene rings is 1. The van der Waals surface area contributed by atoms with E-state index in [0.717, 1.165) is 5.56 Å². The molecule has 1 amide bonds. The molecule has 0 radical (unpaired) electrons. The lowest BCUT2D eigenvalue weighted by atomic mass is 9.90. The average molecular weight is 192 g/mol. The number of rotatable bonds is 1. The van der Waals surface area contributed by atoms with Crippen LogP contribution in [0.5, 0.6) is 0 Å². The third kappa shape index (κ3) is 0.981. The molecule has 0 aromatic heterocycles. The van der Waals surface area contributed by atoms with Gasteiger partial charge >= 0.3 is 0 Å². The second-order valence-electron chi connectivity index (χ2n) is 3.61. The smallest absolute Gasteiger partial charge is 0.244 e. The molecule has 0 heterocycles. The molecule has 0 spiro atoms. The van der Waals surface area contributed by atoms with E-state index in [0.29, 0.717) is 12.0 Å². The maximum Gasteiger partial charge on any atom is 0.244 e. The first-order valence-corrected chi connectivity index (χ1v) is 4.42. The molecule has 14 heavy (non-hydrogen) atoms. The first-order chi connectivity index (χ1) is 6.56. The molecule has 0 fully saturated rings. The molecule has 1 unspecified atom stereocenters. The van der Waals surface area contributed by atoms with E-state index < -0.39 is 17.6 Å². The minimum atomic E-state index is -1.42. The number of hydrogen-bond donors (Lipinski definition) is 3.